The first-order valence-electron chi connectivity index (χ1n) is 4.91. The molecule has 0 aliphatic carbocycles. The molecule has 0 amide bonds. The van der Waals surface area contributed by atoms with Crippen LogP contribution in [0.15, 0.2) is 0 Å². The fourth-order valence-corrected chi connectivity index (χ4v) is 1.41. The molecular weight excluding hydrogens is 182 g/mol. The number of carbonyl (C=O) groups excluding carboxylic acids is 1. The molecule has 78 valence electrons. The molecule has 0 radical (unpaired) electrons. The van der Waals surface area contributed by atoms with E-state index in [1.165, 1.54) is 0 Å². The lowest BCUT2D eigenvalue weighted by Gasteiger charge is -2.28. The maximum atomic E-state index is 11.6. The van der Waals surface area contributed by atoms with Gasteiger partial charge in [0.15, 0.2) is 5.41 Å². The van der Waals surface area contributed by atoms with Gasteiger partial charge in [0.1, 0.15) is 0 Å². The molecule has 1 rings (SSSR count). The van der Waals surface area contributed by atoms with Gasteiger partial charge in [0, 0.05) is 26.1 Å². The van der Waals surface area contributed by atoms with Crippen molar-refractivity contribution in [2.45, 2.75) is 26.2 Å². The summed E-state index contributed by atoms with van der Waals surface area (Å²) in [6, 6.07) is 2.07. The first-order valence-corrected chi connectivity index (χ1v) is 4.91. The molecule has 1 aliphatic rings. The van der Waals surface area contributed by atoms with E-state index >= 15 is 0 Å². The van der Waals surface area contributed by atoms with Gasteiger partial charge in [-0.3, -0.25) is 4.79 Å². The van der Waals surface area contributed by atoms with Crippen LogP contribution in [0.25, 0.3) is 0 Å². The van der Waals surface area contributed by atoms with Crippen LogP contribution in [0, 0.1) is 16.7 Å². The van der Waals surface area contributed by atoms with Gasteiger partial charge in [-0.05, 0) is 6.42 Å². The third kappa shape index (κ3) is 2.24. The predicted molar refractivity (Wildman–Crippen MR) is 49.3 cm³/mol. The van der Waals surface area contributed by atoms with Crippen molar-refractivity contribution in [3.63, 3.8) is 0 Å². The number of nitriles is 1. The molecule has 1 saturated heterocycles. The van der Waals surface area contributed by atoms with Crippen LogP contribution in [0.2, 0.25) is 0 Å². The molecule has 1 heterocycles. The van der Waals surface area contributed by atoms with Crippen molar-refractivity contribution in [2.24, 2.45) is 5.41 Å². The maximum absolute atomic E-state index is 11.6. The molecule has 0 aromatic heterocycles. The second-order valence-electron chi connectivity index (χ2n) is 3.44. The van der Waals surface area contributed by atoms with Crippen molar-refractivity contribution in [3.8, 4) is 6.07 Å². The van der Waals surface area contributed by atoms with Crippen LogP contribution in [0.4, 0.5) is 0 Å². The van der Waals surface area contributed by atoms with Crippen LogP contribution in [-0.4, -0.2) is 25.8 Å². The lowest BCUT2D eigenvalue weighted by molar-refractivity contribution is -0.157. The Hall–Kier alpha value is -1.08. The highest BCUT2D eigenvalue weighted by Crippen LogP contribution is 2.31. The van der Waals surface area contributed by atoms with Crippen molar-refractivity contribution in [1.29, 1.82) is 5.26 Å². The van der Waals surface area contributed by atoms with Crippen molar-refractivity contribution in [1.82, 2.24) is 0 Å². The fourth-order valence-electron chi connectivity index (χ4n) is 1.41. The molecule has 4 heteroatoms. The number of esters is 1. The van der Waals surface area contributed by atoms with Crippen molar-refractivity contribution >= 4 is 5.97 Å². The van der Waals surface area contributed by atoms with Crippen molar-refractivity contribution in [3.05, 3.63) is 0 Å². The first kappa shape index (κ1) is 11.0. The second kappa shape index (κ2) is 4.97. The molecule has 0 aromatic rings. The van der Waals surface area contributed by atoms with E-state index in [1.54, 1.807) is 0 Å². The summed E-state index contributed by atoms with van der Waals surface area (Å²) in [7, 11) is 0. The van der Waals surface area contributed by atoms with Gasteiger partial charge in [0.25, 0.3) is 0 Å². The number of carbonyl (C=O) groups is 1. The van der Waals surface area contributed by atoms with Gasteiger partial charge in [-0.15, -0.1) is 0 Å². The highest BCUT2D eigenvalue weighted by Gasteiger charge is 2.41. The summed E-state index contributed by atoms with van der Waals surface area (Å²) < 4.78 is 10.1. The van der Waals surface area contributed by atoms with Gasteiger partial charge in [0.2, 0.25) is 0 Å². The van der Waals surface area contributed by atoms with Crippen LogP contribution in [0.3, 0.4) is 0 Å². The van der Waals surface area contributed by atoms with Crippen LogP contribution in [0.5, 0.6) is 0 Å². The zero-order valence-corrected chi connectivity index (χ0v) is 8.41. The quantitative estimate of drug-likeness (QED) is 0.639. The van der Waals surface area contributed by atoms with Crippen LogP contribution in [0.1, 0.15) is 26.2 Å². The second-order valence-corrected chi connectivity index (χ2v) is 3.44. The van der Waals surface area contributed by atoms with Gasteiger partial charge in [-0.25, -0.2) is 0 Å². The average molecular weight is 197 g/mol. The predicted octanol–water partition coefficient (Wildman–Crippen LogP) is 1.26. The van der Waals surface area contributed by atoms with E-state index in [0.29, 0.717) is 32.7 Å². The van der Waals surface area contributed by atoms with Gasteiger partial charge >= 0.3 is 5.97 Å². The Morgan fingerprint density at radius 1 is 1.57 bits per heavy atom. The number of rotatable bonds is 3. The van der Waals surface area contributed by atoms with Gasteiger partial charge in [0.05, 0.1) is 12.7 Å². The molecule has 0 unspecified atom stereocenters. The molecule has 0 aromatic carbocycles. The van der Waals surface area contributed by atoms with Gasteiger partial charge in [-0.2, -0.15) is 5.26 Å². The van der Waals surface area contributed by atoms with E-state index in [1.807, 2.05) is 6.92 Å². The lowest BCUT2D eigenvalue weighted by atomic mass is 9.82. The molecule has 14 heavy (non-hydrogen) atoms. The summed E-state index contributed by atoms with van der Waals surface area (Å²) in [5.74, 6) is -0.384. The van der Waals surface area contributed by atoms with E-state index in [4.69, 9.17) is 14.7 Å². The zero-order chi connectivity index (χ0) is 10.4. The molecular formula is C10H15NO3. The average Bonchev–Trinajstić information content (AvgIpc) is 2.26. The van der Waals surface area contributed by atoms with E-state index in [9.17, 15) is 4.79 Å². The summed E-state index contributed by atoms with van der Waals surface area (Å²) in [5.41, 5.74) is -0.951. The smallest absolute Gasteiger partial charge is 0.326 e. The third-order valence-electron chi connectivity index (χ3n) is 2.39. The van der Waals surface area contributed by atoms with Gasteiger partial charge < -0.3 is 9.47 Å². The van der Waals surface area contributed by atoms with Crippen LogP contribution >= 0.6 is 0 Å². The topological polar surface area (TPSA) is 59.3 Å². The van der Waals surface area contributed by atoms with E-state index in [0.717, 1.165) is 6.42 Å². The minimum absolute atomic E-state index is 0.384. The monoisotopic (exact) mass is 197 g/mol. The molecule has 1 fully saturated rings. The standard InChI is InChI=1S/C10H15NO3/c1-2-5-14-9(12)10(8-11)3-6-13-7-4-10/h2-7H2,1H3. The Bertz CT molecular complexity index is 238. The Kier molecular flexibility index (Phi) is 3.90. The molecule has 4 nitrogen and oxygen atoms in total. The van der Waals surface area contributed by atoms with Gasteiger partial charge in [-0.1, -0.05) is 6.92 Å². The molecule has 0 atom stereocenters. The molecule has 0 saturated carbocycles. The number of hydrogen-bond donors (Lipinski definition) is 0. The third-order valence-corrected chi connectivity index (χ3v) is 2.39. The number of ether oxygens (including phenoxy) is 2. The first-order chi connectivity index (χ1) is 6.75. The Balaban J connectivity index is 2.59. The summed E-state index contributed by atoms with van der Waals surface area (Å²) in [5, 5.41) is 9.00. The SMILES string of the molecule is CCCOC(=O)C1(C#N)CCOCC1. The highest BCUT2D eigenvalue weighted by molar-refractivity contribution is 5.80. The zero-order valence-electron chi connectivity index (χ0n) is 8.41. The summed E-state index contributed by atoms with van der Waals surface area (Å²) >= 11 is 0. The van der Waals surface area contributed by atoms with E-state index < -0.39 is 5.41 Å². The minimum atomic E-state index is -0.951. The number of hydrogen-bond acceptors (Lipinski definition) is 4. The van der Waals surface area contributed by atoms with E-state index in [-0.39, 0.29) is 5.97 Å². The molecule has 0 N–H and O–H groups in total. The van der Waals surface area contributed by atoms with Crippen molar-refractivity contribution in [2.75, 3.05) is 19.8 Å². The lowest BCUT2D eigenvalue weighted by Crippen LogP contribution is -2.37. The molecule has 0 bridgehead atoms. The molecule has 1 aliphatic heterocycles. The molecule has 0 spiro atoms. The minimum Gasteiger partial charge on any atom is -0.465 e. The normalized spacial score (nSPS) is 19.7. The Morgan fingerprint density at radius 3 is 2.71 bits per heavy atom. The highest BCUT2D eigenvalue weighted by atomic mass is 16.5. The summed E-state index contributed by atoms with van der Waals surface area (Å²) in [6.07, 6.45) is 1.68. The summed E-state index contributed by atoms with van der Waals surface area (Å²) in [6.45, 7) is 3.25. The van der Waals surface area contributed by atoms with Crippen molar-refractivity contribution < 1.29 is 14.3 Å². The van der Waals surface area contributed by atoms with Crippen LogP contribution in [-0.2, 0) is 14.3 Å². The van der Waals surface area contributed by atoms with Crippen LogP contribution < -0.4 is 0 Å². The largest absolute Gasteiger partial charge is 0.465 e. The summed E-state index contributed by atoms with van der Waals surface area (Å²) in [4.78, 5) is 11.6. The number of nitrogens with zero attached hydrogens (tertiary/aromatic N) is 1. The fraction of sp³-hybridized carbons (Fsp3) is 0.800. The van der Waals surface area contributed by atoms with E-state index in [2.05, 4.69) is 6.07 Å². The Morgan fingerprint density at radius 2 is 2.21 bits per heavy atom. The Labute approximate surface area is 83.8 Å². The maximum Gasteiger partial charge on any atom is 0.326 e.